The SMILES string of the molecule is CCCCCCC1C=CC2(CCCCCCC2C(=O)O)C(C=C2CCCCCCC2C(=O)O)C1CCCCCC. The number of hydrogen-bond acceptors (Lipinski definition) is 2. The number of aliphatic carboxylic acids is 2. The van der Waals surface area contributed by atoms with Crippen LogP contribution in [-0.4, -0.2) is 22.2 Å². The van der Waals surface area contributed by atoms with E-state index in [1.54, 1.807) is 0 Å². The fraction of sp³-hybridized carbons (Fsp3) is 0.833. The summed E-state index contributed by atoms with van der Waals surface area (Å²) in [6.07, 6.45) is 31.3. The largest absolute Gasteiger partial charge is 0.481 e. The molecule has 3 rings (SSSR count). The highest BCUT2D eigenvalue weighted by Crippen LogP contribution is 2.56. The molecule has 2 fully saturated rings. The van der Waals surface area contributed by atoms with Crippen LogP contribution in [0.2, 0.25) is 0 Å². The molecule has 3 aliphatic rings. The lowest BCUT2D eigenvalue weighted by Gasteiger charge is -2.51. The maximum Gasteiger partial charge on any atom is 0.310 e. The van der Waals surface area contributed by atoms with Crippen LogP contribution in [0.4, 0.5) is 0 Å². The van der Waals surface area contributed by atoms with E-state index in [0.717, 1.165) is 82.6 Å². The molecular weight excluding hydrogens is 496 g/mol. The molecule has 0 radical (unpaired) electrons. The van der Waals surface area contributed by atoms with Crippen molar-refractivity contribution < 1.29 is 19.8 Å². The van der Waals surface area contributed by atoms with Gasteiger partial charge in [-0.2, -0.15) is 0 Å². The van der Waals surface area contributed by atoms with Gasteiger partial charge in [-0.15, -0.1) is 0 Å². The highest BCUT2D eigenvalue weighted by molar-refractivity contribution is 5.74. The zero-order chi connectivity index (χ0) is 28.8. The zero-order valence-electron chi connectivity index (χ0n) is 25.9. The van der Waals surface area contributed by atoms with Gasteiger partial charge in [0.25, 0.3) is 0 Å². The van der Waals surface area contributed by atoms with E-state index >= 15 is 0 Å². The number of unbranched alkanes of at least 4 members (excludes halogenated alkanes) is 6. The predicted octanol–water partition coefficient (Wildman–Crippen LogP) is 10.4. The summed E-state index contributed by atoms with van der Waals surface area (Å²) in [6, 6.07) is 0. The Bertz CT molecular complexity index is 829. The molecule has 6 unspecified atom stereocenters. The maximum atomic E-state index is 13.0. The highest BCUT2D eigenvalue weighted by Gasteiger charge is 2.51. The summed E-state index contributed by atoms with van der Waals surface area (Å²) >= 11 is 0. The second-order valence-corrected chi connectivity index (χ2v) is 13.5. The molecule has 228 valence electrons. The van der Waals surface area contributed by atoms with Crippen LogP contribution in [0.3, 0.4) is 0 Å². The summed E-state index contributed by atoms with van der Waals surface area (Å²) in [4.78, 5) is 25.5. The fourth-order valence-corrected chi connectivity index (χ4v) is 8.45. The van der Waals surface area contributed by atoms with Crippen LogP contribution in [0, 0.1) is 35.0 Å². The monoisotopic (exact) mass is 556 g/mol. The van der Waals surface area contributed by atoms with Crippen molar-refractivity contribution in [3.05, 3.63) is 23.8 Å². The Morgan fingerprint density at radius 2 is 1.45 bits per heavy atom. The van der Waals surface area contributed by atoms with Gasteiger partial charge in [-0.1, -0.05) is 134 Å². The first-order valence-corrected chi connectivity index (χ1v) is 17.3. The Kier molecular flexibility index (Phi) is 14.3. The minimum Gasteiger partial charge on any atom is -0.481 e. The Morgan fingerprint density at radius 3 is 2.12 bits per heavy atom. The van der Waals surface area contributed by atoms with Crippen molar-refractivity contribution in [2.24, 2.45) is 35.0 Å². The molecule has 0 heterocycles. The number of carboxylic acids is 2. The standard InChI is InChI=1S/C36H60O4/c1-3-5-7-13-19-28-24-26-36(25-18-12-11-17-23-32(36)35(39)40)33(30(28)21-15-8-6-4-2)27-29-20-14-9-10-16-22-31(29)34(37)38/h24,26-28,30-33H,3-23,25H2,1-2H3,(H,37,38)(H,39,40). The molecular formula is C36H60O4. The Labute approximate surface area is 245 Å². The van der Waals surface area contributed by atoms with Crippen molar-refractivity contribution in [1.29, 1.82) is 0 Å². The van der Waals surface area contributed by atoms with Crippen LogP contribution in [0.5, 0.6) is 0 Å². The molecule has 4 nitrogen and oxygen atoms in total. The molecule has 4 heteroatoms. The average Bonchev–Trinajstić information content (AvgIpc) is 2.89. The topological polar surface area (TPSA) is 74.6 Å². The molecule has 0 aromatic heterocycles. The highest BCUT2D eigenvalue weighted by atomic mass is 16.4. The zero-order valence-corrected chi connectivity index (χ0v) is 25.9. The molecule has 0 aliphatic heterocycles. The minimum absolute atomic E-state index is 0.116. The Hall–Kier alpha value is -1.58. The molecule has 0 saturated heterocycles. The summed E-state index contributed by atoms with van der Waals surface area (Å²) in [6.45, 7) is 4.52. The van der Waals surface area contributed by atoms with E-state index in [1.165, 1.54) is 64.2 Å². The molecule has 0 aromatic rings. The average molecular weight is 557 g/mol. The third kappa shape index (κ3) is 8.96. The lowest BCUT2D eigenvalue weighted by Crippen LogP contribution is -2.47. The van der Waals surface area contributed by atoms with Crippen molar-refractivity contribution in [1.82, 2.24) is 0 Å². The van der Waals surface area contributed by atoms with Gasteiger partial charge in [-0.05, 0) is 62.7 Å². The third-order valence-corrected chi connectivity index (χ3v) is 10.7. The van der Waals surface area contributed by atoms with Crippen LogP contribution in [-0.2, 0) is 9.59 Å². The lowest BCUT2D eigenvalue weighted by molar-refractivity contribution is -0.149. The number of rotatable bonds is 13. The number of hydrogen-bond donors (Lipinski definition) is 2. The van der Waals surface area contributed by atoms with Crippen LogP contribution < -0.4 is 0 Å². The molecule has 1 spiro atoms. The van der Waals surface area contributed by atoms with Crippen molar-refractivity contribution in [2.45, 2.75) is 155 Å². The molecule has 6 atom stereocenters. The quantitative estimate of drug-likeness (QED) is 0.175. The fourth-order valence-electron chi connectivity index (χ4n) is 8.45. The van der Waals surface area contributed by atoms with Gasteiger partial charge in [0.1, 0.15) is 0 Å². The van der Waals surface area contributed by atoms with E-state index in [-0.39, 0.29) is 11.8 Å². The molecule has 0 bridgehead atoms. The van der Waals surface area contributed by atoms with Gasteiger partial charge in [-0.25, -0.2) is 0 Å². The second-order valence-electron chi connectivity index (χ2n) is 13.5. The van der Waals surface area contributed by atoms with Crippen LogP contribution in [0.15, 0.2) is 23.8 Å². The molecule has 40 heavy (non-hydrogen) atoms. The predicted molar refractivity (Wildman–Crippen MR) is 165 cm³/mol. The number of allylic oxidation sites excluding steroid dienone is 3. The minimum atomic E-state index is -0.684. The van der Waals surface area contributed by atoms with Gasteiger partial charge in [-0.3, -0.25) is 9.59 Å². The van der Waals surface area contributed by atoms with Gasteiger partial charge in [0.05, 0.1) is 11.8 Å². The van der Waals surface area contributed by atoms with Crippen LogP contribution in [0.25, 0.3) is 0 Å². The Balaban J connectivity index is 2.11. The second kappa shape index (κ2) is 17.4. The third-order valence-electron chi connectivity index (χ3n) is 10.7. The first-order valence-electron chi connectivity index (χ1n) is 17.3. The number of carbonyl (C=O) groups is 2. The first-order chi connectivity index (χ1) is 19.4. The van der Waals surface area contributed by atoms with Crippen LogP contribution in [0.1, 0.15) is 155 Å². The van der Waals surface area contributed by atoms with Gasteiger partial charge in [0.15, 0.2) is 0 Å². The summed E-state index contributed by atoms with van der Waals surface area (Å²) in [5, 5.41) is 21.0. The summed E-state index contributed by atoms with van der Waals surface area (Å²) in [5.41, 5.74) is 0.710. The van der Waals surface area contributed by atoms with Gasteiger partial charge < -0.3 is 10.2 Å². The first kappa shape index (κ1) is 32.9. The molecule has 2 N–H and O–H groups in total. The van der Waals surface area contributed by atoms with Gasteiger partial charge in [0.2, 0.25) is 0 Å². The molecule has 0 aromatic carbocycles. The van der Waals surface area contributed by atoms with E-state index in [9.17, 15) is 19.8 Å². The maximum absolute atomic E-state index is 13.0. The van der Waals surface area contributed by atoms with Crippen LogP contribution >= 0.6 is 0 Å². The van der Waals surface area contributed by atoms with E-state index in [1.807, 2.05) is 0 Å². The summed E-state index contributed by atoms with van der Waals surface area (Å²) in [7, 11) is 0. The summed E-state index contributed by atoms with van der Waals surface area (Å²) in [5.74, 6) is -1.15. The molecule has 3 aliphatic carbocycles. The van der Waals surface area contributed by atoms with E-state index in [4.69, 9.17) is 0 Å². The van der Waals surface area contributed by atoms with Crippen molar-refractivity contribution in [3.63, 3.8) is 0 Å². The normalized spacial score (nSPS) is 32.8. The van der Waals surface area contributed by atoms with E-state index in [2.05, 4.69) is 32.1 Å². The lowest BCUT2D eigenvalue weighted by atomic mass is 9.52. The number of carboxylic acid groups (broad SMARTS) is 2. The Morgan fingerprint density at radius 1 is 0.800 bits per heavy atom. The van der Waals surface area contributed by atoms with Crippen molar-refractivity contribution in [3.8, 4) is 0 Å². The van der Waals surface area contributed by atoms with E-state index in [0.29, 0.717) is 11.8 Å². The smallest absolute Gasteiger partial charge is 0.310 e. The van der Waals surface area contributed by atoms with Crippen molar-refractivity contribution in [2.75, 3.05) is 0 Å². The molecule has 0 amide bonds. The molecule has 2 saturated carbocycles. The van der Waals surface area contributed by atoms with E-state index < -0.39 is 23.3 Å². The van der Waals surface area contributed by atoms with Crippen molar-refractivity contribution >= 4 is 11.9 Å². The van der Waals surface area contributed by atoms with Gasteiger partial charge >= 0.3 is 11.9 Å². The van der Waals surface area contributed by atoms with Gasteiger partial charge in [0, 0.05) is 5.41 Å². The summed E-state index contributed by atoms with van der Waals surface area (Å²) < 4.78 is 0.